The summed E-state index contributed by atoms with van der Waals surface area (Å²) in [6.45, 7) is 4.25. The van der Waals surface area contributed by atoms with Gasteiger partial charge in [-0.3, -0.25) is 0 Å². The molecule has 0 amide bonds. The van der Waals surface area contributed by atoms with Crippen LogP contribution in [-0.2, 0) is 0 Å². The second-order valence-electron chi connectivity index (χ2n) is 6.49. The largest absolute Gasteiger partial charge is 0.324 e. The average molecular weight is 289 g/mol. The number of fused-ring (bicyclic) bond motifs is 1. The van der Waals surface area contributed by atoms with Gasteiger partial charge in [-0.25, -0.2) is 9.37 Å². The van der Waals surface area contributed by atoms with Crippen LogP contribution >= 0.6 is 0 Å². The monoisotopic (exact) mass is 289 g/mol. The Balaban J connectivity index is 2.05. The molecule has 3 nitrogen and oxygen atoms in total. The Morgan fingerprint density at radius 1 is 1.24 bits per heavy atom. The van der Waals surface area contributed by atoms with Gasteiger partial charge in [0.15, 0.2) is 0 Å². The Kier molecular flexibility index (Phi) is 3.98. The molecule has 3 rings (SSSR count). The molecule has 2 aromatic rings. The van der Waals surface area contributed by atoms with Crippen LogP contribution in [0.5, 0.6) is 0 Å². The van der Waals surface area contributed by atoms with Crippen molar-refractivity contribution >= 4 is 11.0 Å². The third-order valence-electron chi connectivity index (χ3n) is 4.65. The van der Waals surface area contributed by atoms with E-state index in [4.69, 9.17) is 5.73 Å². The molecule has 1 heterocycles. The first kappa shape index (κ1) is 14.5. The summed E-state index contributed by atoms with van der Waals surface area (Å²) in [5, 5.41) is 0. The van der Waals surface area contributed by atoms with Crippen molar-refractivity contribution in [2.45, 2.75) is 58.0 Å². The number of hydrogen-bond donors (Lipinski definition) is 1. The molecule has 21 heavy (non-hydrogen) atoms. The van der Waals surface area contributed by atoms with E-state index in [0.29, 0.717) is 11.4 Å². The van der Waals surface area contributed by atoms with Crippen molar-refractivity contribution in [1.29, 1.82) is 0 Å². The van der Waals surface area contributed by atoms with E-state index < -0.39 is 0 Å². The summed E-state index contributed by atoms with van der Waals surface area (Å²) in [4.78, 5) is 4.67. The lowest BCUT2D eigenvalue weighted by atomic mass is 9.84. The highest BCUT2D eigenvalue weighted by atomic mass is 19.1. The number of hydrogen-bond acceptors (Lipinski definition) is 2. The van der Waals surface area contributed by atoms with Crippen molar-refractivity contribution in [3.8, 4) is 0 Å². The van der Waals surface area contributed by atoms with Crippen LogP contribution in [0, 0.1) is 11.7 Å². The number of rotatable bonds is 3. The third-order valence-corrected chi connectivity index (χ3v) is 4.65. The molecule has 1 aliphatic rings. The number of benzene rings is 1. The molecule has 0 aliphatic heterocycles. The molecule has 1 fully saturated rings. The number of imidazole rings is 1. The molecule has 114 valence electrons. The Hall–Kier alpha value is -1.42. The summed E-state index contributed by atoms with van der Waals surface area (Å²) in [5.41, 5.74) is 8.23. The molecule has 0 bridgehead atoms. The first-order valence-electron chi connectivity index (χ1n) is 8.01. The lowest BCUT2D eigenvalue weighted by molar-refractivity contribution is 0.294. The van der Waals surface area contributed by atoms with E-state index in [2.05, 4.69) is 23.4 Å². The molecule has 1 aliphatic carbocycles. The van der Waals surface area contributed by atoms with E-state index in [9.17, 15) is 4.39 Å². The highest BCUT2D eigenvalue weighted by molar-refractivity contribution is 5.76. The molecular weight excluding hydrogens is 265 g/mol. The molecule has 1 atom stereocenters. The van der Waals surface area contributed by atoms with E-state index in [1.807, 2.05) is 6.07 Å². The van der Waals surface area contributed by atoms with Crippen molar-refractivity contribution < 1.29 is 4.39 Å². The Labute approximate surface area is 125 Å². The van der Waals surface area contributed by atoms with Crippen LogP contribution in [-0.4, -0.2) is 9.55 Å². The van der Waals surface area contributed by atoms with Gasteiger partial charge in [0.25, 0.3) is 0 Å². The number of nitrogens with zero attached hydrogens (tertiary/aromatic N) is 2. The number of nitrogens with two attached hydrogens (primary N) is 1. The smallest absolute Gasteiger partial charge is 0.127 e. The van der Waals surface area contributed by atoms with Crippen molar-refractivity contribution in [1.82, 2.24) is 9.55 Å². The van der Waals surface area contributed by atoms with Crippen LogP contribution in [0.15, 0.2) is 18.2 Å². The van der Waals surface area contributed by atoms with Crippen molar-refractivity contribution in [2.24, 2.45) is 11.7 Å². The second kappa shape index (κ2) is 5.76. The van der Waals surface area contributed by atoms with E-state index in [0.717, 1.165) is 11.3 Å². The van der Waals surface area contributed by atoms with Gasteiger partial charge in [0.05, 0.1) is 17.1 Å². The number of halogens is 1. The lowest BCUT2D eigenvalue weighted by Crippen LogP contribution is -2.27. The topological polar surface area (TPSA) is 43.8 Å². The standard InChI is InChI=1S/C17H24FN3/c1-11(2)21-15-9-8-13(18)10-14(15)20-17(21)16(19)12-6-4-3-5-7-12/h8-12,16H,3-7,19H2,1-2H3. The molecule has 1 unspecified atom stereocenters. The number of aromatic nitrogens is 2. The summed E-state index contributed by atoms with van der Waals surface area (Å²) >= 11 is 0. The van der Waals surface area contributed by atoms with E-state index >= 15 is 0 Å². The Morgan fingerprint density at radius 2 is 1.95 bits per heavy atom. The zero-order chi connectivity index (χ0) is 15.0. The molecule has 4 heteroatoms. The van der Waals surface area contributed by atoms with Gasteiger partial charge in [-0.15, -0.1) is 0 Å². The van der Waals surface area contributed by atoms with Gasteiger partial charge in [0.1, 0.15) is 11.6 Å². The average Bonchev–Trinajstić information content (AvgIpc) is 2.85. The van der Waals surface area contributed by atoms with Gasteiger partial charge >= 0.3 is 0 Å². The van der Waals surface area contributed by atoms with Crippen molar-refractivity contribution in [2.75, 3.05) is 0 Å². The fourth-order valence-electron chi connectivity index (χ4n) is 3.57. The normalized spacial score (nSPS) is 18.5. The maximum Gasteiger partial charge on any atom is 0.127 e. The van der Waals surface area contributed by atoms with E-state index in [1.54, 1.807) is 0 Å². The fourth-order valence-corrected chi connectivity index (χ4v) is 3.57. The molecular formula is C17H24FN3. The van der Waals surface area contributed by atoms with Crippen molar-refractivity contribution in [3.63, 3.8) is 0 Å². The first-order valence-corrected chi connectivity index (χ1v) is 8.01. The summed E-state index contributed by atoms with van der Waals surface area (Å²) in [7, 11) is 0. The van der Waals surface area contributed by atoms with E-state index in [1.165, 1.54) is 44.2 Å². The van der Waals surface area contributed by atoms with Crippen LogP contribution in [0.3, 0.4) is 0 Å². The quantitative estimate of drug-likeness (QED) is 0.913. The minimum absolute atomic E-state index is 0.0526. The zero-order valence-electron chi connectivity index (χ0n) is 12.8. The molecule has 2 N–H and O–H groups in total. The predicted octanol–water partition coefficient (Wildman–Crippen LogP) is 4.34. The summed E-state index contributed by atoms with van der Waals surface area (Å²) < 4.78 is 15.6. The SMILES string of the molecule is CC(C)n1c(C(N)C2CCCCC2)nc2cc(F)ccc21. The maximum absolute atomic E-state index is 13.5. The zero-order valence-corrected chi connectivity index (χ0v) is 12.8. The van der Waals surface area contributed by atoms with Crippen LogP contribution in [0.4, 0.5) is 4.39 Å². The third kappa shape index (κ3) is 2.69. The summed E-state index contributed by atoms with van der Waals surface area (Å²) in [6.07, 6.45) is 6.19. The second-order valence-corrected chi connectivity index (χ2v) is 6.49. The minimum Gasteiger partial charge on any atom is -0.324 e. The minimum atomic E-state index is -0.242. The van der Waals surface area contributed by atoms with Gasteiger partial charge < -0.3 is 10.3 Å². The Morgan fingerprint density at radius 3 is 2.62 bits per heavy atom. The lowest BCUT2D eigenvalue weighted by Gasteiger charge is -2.28. The summed E-state index contributed by atoms with van der Waals surface area (Å²) in [6, 6.07) is 5.03. The molecule has 1 saturated carbocycles. The Bertz CT molecular complexity index is 626. The van der Waals surface area contributed by atoms with Gasteiger partial charge in [0, 0.05) is 12.1 Å². The highest BCUT2D eigenvalue weighted by Crippen LogP contribution is 2.35. The molecule has 1 aromatic heterocycles. The molecule has 1 aromatic carbocycles. The highest BCUT2D eigenvalue weighted by Gasteiger charge is 2.27. The van der Waals surface area contributed by atoms with Crippen molar-refractivity contribution in [3.05, 3.63) is 29.8 Å². The maximum atomic E-state index is 13.5. The van der Waals surface area contributed by atoms with Crippen LogP contribution in [0.2, 0.25) is 0 Å². The van der Waals surface area contributed by atoms with Crippen LogP contribution in [0.25, 0.3) is 11.0 Å². The predicted molar refractivity (Wildman–Crippen MR) is 83.6 cm³/mol. The molecule has 0 saturated heterocycles. The van der Waals surface area contributed by atoms with Crippen LogP contribution in [0.1, 0.15) is 63.9 Å². The van der Waals surface area contributed by atoms with Gasteiger partial charge in [-0.2, -0.15) is 0 Å². The van der Waals surface area contributed by atoms with Gasteiger partial charge in [0.2, 0.25) is 0 Å². The first-order chi connectivity index (χ1) is 10.1. The van der Waals surface area contributed by atoms with Gasteiger partial charge in [-0.1, -0.05) is 19.3 Å². The molecule has 0 spiro atoms. The fraction of sp³-hybridized carbons (Fsp3) is 0.588. The van der Waals surface area contributed by atoms with E-state index in [-0.39, 0.29) is 17.9 Å². The molecule has 0 radical (unpaired) electrons. The van der Waals surface area contributed by atoms with Gasteiger partial charge in [-0.05, 0) is 44.7 Å². The van der Waals surface area contributed by atoms with Crippen LogP contribution < -0.4 is 5.73 Å². The summed E-state index contributed by atoms with van der Waals surface area (Å²) in [5.74, 6) is 1.17.